The van der Waals surface area contributed by atoms with Crippen molar-refractivity contribution in [2.75, 3.05) is 39.3 Å². The Morgan fingerprint density at radius 3 is 2.70 bits per heavy atom. The molecule has 1 aromatic rings. The van der Waals surface area contributed by atoms with E-state index in [9.17, 15) is 5.11 Å². The first-order valence-electron chi connectivity index (χ1n) is 8.89. The Morgan fingerprint density at radius 1 is 1.17 bits per heavy atom. The molecule has 2 saturated heterocycles. The fourth-order valence-corrected chi connectivity index (χ4v) is 3.91. The molecule has 2 aliphatic heterocycles. The molecule has 2 N–H and O–H groups in total. The molecule has 3 rings (SSSR count). The molecule has 0 spiro atoms. The molecule has 0 aliphatic carbocycles. The van der Waals surface area contributed by atoms with Crippen LogP contribution in [0.15, 0.2) is 6.20 Å². The zero-order chi connectivity index (χ0) is 16.3. The molecule has 0 unspecified atom stereocenters. The highest BCUT2D eigenvalue weighted by atomic mass is 16.3. The van der Waals surface area contributed by atoms with Crippen LogP contribution in [-0.2, 0) is 13.1 Å². The minimum absolute atomic E-state index is 0.111. The van der Waals surface area contributed by atoms with E-state index in [0.29, 0.717) is 6.54 Å². The summed E-state index contributed by atoms with van der Waals surface area (Å²) in [6, 6.07) is 0. The van der Waals surface area contributed by atoms with E-state index >= 15 is 0 Å². The second kappa shape index (κ2) is 7.30. The number of rotatable bonds is 6. The van der Waals surface area contributed by atoms with Crippen molar-refractivity contribution in [1.29, 1.82) is 0 Å². The highest BCUT2D eigenvalue weighted by Gasteiger charge is 2.37. The Bertz CT molecular complexity index is 513. The molecule has 1 atom stereocenters. The van der Waals surface area contributed by atoms with Gasteiger partial charge < -0.3 is 15.1 Å². The summed E-state index contributed by atoms with van der Waals surface area (Å²) in [5, 5.41) is 24.4. The van der Waals surface area contributed by atoms with Crippen LogP contribution in [0.25, 0.3) is 0 Å². The predicted molar refractivity (Wildman–Crippen MR) is 89.2 cm³/mol. The van der Waals surface area contributed by atoms with Crippen molar-refractivity contribution >= 4 is 0 Å². The molecule has 6 nitrogen and oxygen atoms in total. The lowest BCUT2D eigenvalue weighted by Gasteiger charge is -2.33. The minimum Gasteiger partial charge on any atom is -0.394 e. The van der Waals surface area contributed by atoms with E-state index in [1.54, 1.807) is 4.68 Å². The molecular weight excluding hydrogens is 292 g/mol. The normalized spacial score (nSPS) is 26.9. The number of aliphatic hydroxyl groups is 2. The van der Waals surface area contributed by atoms with Crippen LogP contribution in [0.4, 0.5) is 0 Å². The van der Waals surface area contributed by atoms with E-state index in [1.807, 2.05) is 13.1 Å². The van der Waals surface area contributed by atoms with Crippen LogP contribution in [0.5, 0.6) is 0 Å². The standard InChI is InChI=1S/C17H30N4O2/c1-15-16(12-21(18-15)9-10-22)11-20-8-5-17(23,14-20)13-19-6-3-2-4-7-19/h12,22-23H,2-11,13-14H2,1H3/t17-/m0/s1. The minimum atomic E-state index is -0.563. The zero-order valence-corrected chi connectivity index (χ0v) is 14.2. The topological polar surface area (TPSA) is 64.8 Å². The van der Waals surface area contributed by atoms with Crippen LogP contribution >= 0.6 is 0 Å². The highest BCUT2D eigenvalue weighted by molar-refractivity contribution is 5.16. The first kappa shape index (κ1) is 16.9. The number of hydrogen-bond donors (Lipinski definition) is 2. The Hall–Kier alpha value is -0.950. The summed E-state index contributed by atoms with van der Waals surface area (Å²) in [6.45, 7) is 8.26. The Kier molecular flexibility index (Phi) is 5.36. The lowest BCUT2D eigenvalue weighted by molar-refractivity contribution is 0.00633. The smallest absolute Gasteiger partial charge is 0.0912 e. The van der Waals surface area contributed by atoms with Crippen molar-refractivity contribution in [1.82, 2.24) is 19.6 Å². The summed E-state index contributed by atoms with van der Waals surface area (Å²) in [6.07, 6.45) is 6.74. The summed E-state index contributed by atoms with van der Waals surface area (Å²) in [5.41, 5.74) is 1.65. The highest BCUT2D eigenvalue weighted by Crippen LogP contribution is 2.25. The van der Waals surface area contributed by atoms with Gasteiger partial charge in [0, 0.05) is 37.9 Å². The first-order valence-corrected chi connectivity index (χ1v) is 8.89. The van der Waals surface area contributed by atoms with Gasteiger partial charge in [0.2, 0.25) is 0 Å². The van der Waals surface area contributed by atoms with E-state index < -0.39 is 5.60 Å². The number of hydrogen-bond acceptors (Lipinski definition) is 5. The predicted octanol–water partition coefficient (Wildman–Crippen LogP) is 0.607. The van der Waals surface area contributed by atoms with Gasteiger partial charge in [0.1, 0.15) is 0 Å². The van der Waals surface area contributed by atoms with Gasteiger partial charge in [-0.25, -0.2) is 0 Å². The van der Waals surface area contributed by atoms with Gasteiger partial charge in [0.15, 0.2) is 0 Å². The van der Waals surface area contributed by atoms with Crippen molar-refractivity contribution in [3.8, 4) is 0 Å². The van der Waals surface area contributed by atoms with Crippen molar-refractivity contribution in [3.63, 3.8) is 0 Å². The van der Waals surface area contributed by atoms with Crippen molar-refractivity contribution < 1.29 is 10.2 Å². The average Bonchev–Trinajstić information content (AvgIpc) is 3.04. The molecule has 0 saturated carbocycles. The second-order valence-corrected chi connectivity index (χ2v) is 7.25. The van der Waals surface area contributed by atoms with Crippen LogP contribution < -0.4 is 0 Å². The van der Waals surface area contributed by atoms with E-state index in [-0.39, 0.29) is 6.61 Å². The third-order valence-electron chi connectivity index (χ3n) is 5.15. The lowest BCUT2D eigenvalue weighted by atomic mass is 10.0. The molecule has 23 heavy (non-hydrogen) atoms. The van der Waals surface area contributed by atoms with Gasteiger partial charge in [-0.15, -0.1) is 0 Å². The molecule has 0 radical (unpaired) electrons. The molecular formula is C17H30N4O2. The number of aryl methyl sites for hydroxylation is 1. The largest absolute Gasteiger partial charge is 0.394 e. The fraction of sp³-hybridized carbons (Fsp3) is 0.824. The number of likely N-dealkylation sites (tertiary alicyclic amines) is 2. The van der Waals surface area contributed by atoms with Crippen LogP contribution in [0.2, 0.25) is 0 Å². The van der Waals surface area contributed by atoms with Crippen LogP contribution in [0, 0.1) is 6.92 Å². The molecule has 0 amide bonds. The van der Waals surface area contributed by atoms with Crippen molar-refractivity contribution in [2.24, 2.45) is 0 Å². The SMILES string of the molecule is Cc1nn(CCO)cc1CN1CC[C@](O)(CN2CCCCC2)C1. The van der Waals surface area contributed by atoms with Gasteiger partial charge in [0.05, 0.1) is 24.4 Å². The molecule has 1 aromatic heterocycles. The quantitative estimate of drug-likeness (QED) is 0.803. The van der Waals surface area contributed by atoms with E-state index in [1.165, 1.54) is 24.8 Å². The average molecular weight is 322 g/mol. The van der Waals surface area contributed by atoms with Crippen LogP contribution in [0.3, 0.4) is 0 Å². The third-order valence-corrected chi connectivity index (χ3v) is 5.15. The van der Waals surface area contributed by atoms with Crippen molar-refractivity contribution in [2.45, 2.75) is 51.3 Å². The van der Waals surface area contributed by atoms with Gasteiger partial charge in [-0.3, -0.25) is 9.58 Å². The summed E-state index contributed by atoms with van der Waals surface area (Å²) < 4.78 is 1.81. The lowest BCUT2D eigenvalue weighted by Crippen LogP contribution is -2.46. The van der Waals surface area contributed by atoms with Crippen LogP contribution in [-0.4, -0.2) is 74.7 Å². The molecule has 0 bridgehead atoms. The summed E-state index contributed by atoms with van der Waals surface area (Å²) in [4.78, 5) is 4.76. The zero-order valence-electron chi connectivity index (χ0n) is 14.2. The maximum atomic E-state index is 10.9. The maximum Gasteiger partial charge on any atom is 0.0912 e. The Morgan fingerprint density at radius 2 is 1.96 bits per heavy atom. The van der Waals surface area contributed by atoms with Gasteiger partial charge in [-0.1, -0.05) is 6.42 Å². The van der Waals surface area contributed by atoms with Crippen molar-refractivity contribution in [3.05, 3.63) is 17.5 Å². The van der Waals surface area contributed by atoms with E-state index in [4.69, 9.17) is 5.11 Å². The number of aliphatic hydroxyl groups excluding tert-OH is 1. The van der Waals surface area contributed by atoms with Gasteiger partial charge in [-0.2, -0.15) is 5.10 Å². The van der Waals surface area contributed by atoms with Crippen LogP contribution in [0.1, 0.15) is 36.9 Å². The van der Waals surface area contributed by atoms with Gasteiger partial charge >= 0.3 is 0 Å². The van der Waals surface area contributed by atoms with Gasteiger partial charge in [-0.05, 0) is 39.3 Å². The fourth-order valence-electron chi connectivity index (χ4n) is 3.91. The molecule has 0 aromatic carbocycles. The van der Waals surface area contributed by atoms with E-state index in [0.717, 1.165) is 51.4 Å². The molecule has 130 valence electrons. The summed E-state index contributed by atoms with van der Waals surface area (Å²) >= 11 is 0. The first-order chi connectivity index (χ1) is 11.1. The third kappa shape index (κ3) is 4.32. The number of piperidine rings is 1. The molecule has 2 fully saturated rings. The number of nitrogens with zero attached hydrogens (tertiary/aromatic N) is 4. The monoisotopic (exact) mass is 322 g/mol. The van der Waals surface area contributed by atoms with E-state index in [2.05, 4.69) is 14.9 Å². The Balaban J connectivity index is 1.54. The molecule has 6 heteroatoms. The summed E-state index contributed by atoms with van der Waals surface area (Å²) in [5.74, 6) is 0. The summed E-state index contributed by atoms with van der Waals surface area (Å²) in [7, 11) is 0. The second-order valence-electron chi connectivity index (χ2n) is 7.25. The maximum absolute atomic E-state index is 10.9. The molecule has 3 heterocycles. The van der Waals surface area contributed by atoms with Gasteiger partial charge in [0.25, 0.3) is 0 Å². The Labute approximate surface area is 138 Å². The number of β-amino-alcohol motifs (C(OH)–C–C–N with tert-alkyl or cyclic N) is 1. The molecule has 2 aliphatic rings. The number of aromatic nitrogens is 2.